The molecule has 218 valence electrons. The first-order valence-corrected chi connectivity index (χ1v) is 14.4. The lowest BCUT2D eigenvalue weighted by molar-refractivity contribution is -0.121. The van der Waals surface area contributed by atoms with Crippen molar-refractivity contribution in [3.05, 3.63) is 77.9 Å². The zero-order valence-electron chi connectivity index (χ0n) is 25.1. The van der Waals surface area contributed by atoms with Crippen molar-refractivity contribution in [2.24, 2.45) is 0 Å². The SMILES string of the molecule is CC1CN(CC(=O)N2CC(C)(C)c3cnc(Cc4ccccc4)cc32)C(Cn2cccn2)CN1C(=O)OC(C)(C)C. The number of nitrogens with zero attached hydrogens (tertiary/aromatic N) is 6. The minimum absolute atomic E-state index is 0.0528. The molecule has 2 unspecified atom stereocenters. The van der Waals surface area contributed by atoms with Gasteiger partial charge in [0, 0.05) is 73.4 Å². The van der Waals surface area contributed by atoms with E-state index < -0.39 is 5.60 Å². The van der Waals surface area contributed by atoms with Gasteiger partial charge >= 0.3 is 6.09 Å². The fourth-order valence-electron chi connectivity index (χ4n) is 5.86. The van der Waals surface area contributed by atoms with Gasteiger partial charge < -0.3 is 14.5 Å². The molecule has 1 fully saturated rings. The number of aromatic nitrogens is 3. The number of rotatable bonds is 6. The van der Waals surface area contributed by atoms with Crippen LogP contribution in [0.4, 0.5) is 10.5 Å². The first-order valence-electron chi connectivity index (χ1n) is 14.4. The van der Waals surface area contributed by atoms with Gasteiger partial charge in [-0.15, -0.1) is 0 Å². The van der Waals surface area contributed by atoms with Crippen LogP contribution < -0.4 is 4.90 Å². The van der Waals surface area contributed by atoms with Crippen molar-refractivity contribution in [1.29, 1.82) is 0 Å². The molecule has 9 nitrogen and oxygen atoms in total. The molecule has 1 saturated heterocycles. The third-order valence-electron chi connectivity index (χ3n) is 7.92. The lowest BCUT2D eigenvalue weighted by Gasteiger charge is -2.45. The highest BCUT2D eigenvalue weighted by atomic mass is 16.6. The molecule has 0 bridgehead atoms. The van der Waals surface area contributed by atoms with Crippen LogP contribution >= 0.6 is 0 Å². The normalized spacial score (nSPS) is 20.6. The van der Waals surface area contributed by atoms with Crippen molar-refractivity contribution in [2.45, 2.75) is 77.6 Å². The summed E-state index contributed by atoms with van der Waals surface area (Å²) in [4.78, 5) is 37.8. The van der Waals surface area contributed by atoms with E-state index in [2.05, 4.69) is 42.0 Å². The number of fused-ring (bicyclic) bond motifs is 1. The molecule has 0 N–H and O–H groups in total. The maximum atomic E-state index is 14.0. The van der Waals surface area contributed by atoms with Gasteiger partial charge in [-0.05, 0) is 45.4 Å². The Morgan fingerprint density at radius 1 is 1.10 bits per heavy atom. The number of anilines is 1. The number of hydrogen-bond acceptors (Lipinski definition) is 6. The maximum absolute atomic E-state index is 14.0. The van der Waals surface area contributed by atoms with Gasteiger partial charge in [0.15, 0.2) is 0 Å². The summed E-state index contributed by atoms with van der Waals surface area (Å²) in [7, 11) is 0. The van der Waals surface area contributed by atoms with Gasteiger partial charge in [0.25, 0.3) is 0 Å². The molecule has 1 aromatic carbocycles. The zero-order valence-corrected chi connectivity index (χ0v) is 25.1. The summed E-state index contributed by atoms with van der Waals surface area (Å²) >= 11 is 0. The number of pyridine rings is 1. The Labute approximate surface area is 243 Å². The number of benzene rings is 1. The average molecular weight is 559 g/mol. The minimum Gasteiger partial charge on any atom is -0.444 e. The molecule has 41 heavy (non-hydrogen) atoms. The highest BCUT2D eigenvalue weighted by Crippen LogP contribution is 2.40. The van der Waals surface area contributed by atoms with Crippen LogP contribution in [0.15, 0.2) is 61.1 Å². The van der Waals surface area contributed by atoms with Crippen LogP contribution in [0, 0.1) is 0 Å². The first kappa shape index (κ1) is 28.8. The van der Waals surface area contributed by atoms with Crippen LogP contribution in [0.25, 0.3) is 0 Å². The summed E-state index contributed by atoms with van der Waals surface area (Å²) < 4.78 is 7.57. The molecule has 2 atom stereocenters. The monoisotopic (exact) mass is 558 g/mol. The van der Waals surface area contributed by atoms with E-state index in [9.17, 15) is 9.59 Å². The Morgan fingerprint density at radius 2 is 1.85 bits per heavy atom. The predicted octanol–water partition coefficient (Wildman–Crippen LogP) is 4.50. The van der Waals surface area contributed by atoms with E-state index in [-0.39, 0.29) is 36.0 Å². The molecule has 0 aliphatic carbocycles. The maximum Gasteiger partial charge on any atom is 0.410 e. The highest BCUT2D eigenvalue weighted by Gasteiger charge is 2.41. The number of carbonyl (C=O) groups excluding carboxylic acids is 2. The molecule has 2 aliphatic heterocycles. The van der Waals surface area contributed by atoms with Gasteiger partial charge in [0.05, 0.1) is 18.8 Å². The van der Waals surface area contributed by atoms with Gasteiger partial charge in [-0.3, -0.25) is 19.4 Å². The topological polar surface area (TPSA) is 83.8 Å². The third-order valence-corrected chi connectivity index (χ3v) is 7.92. The second-order valence-corrected chi connectivity index (χ2v) is 13.0. The zero-order chi connectivity index (χ0) is 29.4. The molecule has 2 amide bonds. The van der Waals surface area contributed by atoms with Crippen molar-refractivity contribution in [1.82, 2.24) is 24.6 Å². The first-order chi connectivity index (χ1) is 19.4. The molecule has 0 spiro atoms. The fraction of sp³-hybridized carbons (Fsp3) is 0.500. The van der Waals surface area contributed by atoms with Crippen LogP contribution in [-0.4, -0.2) is 80.4 Å². The standard InChI is InChI=1S/C32H42N6O3/c1-23-18-35(26(19-36-14-10-13-34-36)20-37(23)30(40)41-31(2,3)4)21-29(39)38-22-32(5,6)27-17-33-25(16-28(27)38)15-24-11-8-7-9-12-24/h7-14,16-17,23,26H,15,18-22H2,1-6H3. The molecule has 4 heterocycles. The van der Waals surface area contributed by atoms with Crippen molar-refractivity contribution in [2.75, 3.05) is 31.1 Å². The van der Waals surface area contributed by atoms with Crippen LogP contribution in [0.3, 0.4) is 0 Å². The Kier molecular flexibility index (Phi) is 7.92. The predicted molar refractivity (Wildman–Crippen MR) is 159 cm³/mol. The van der Waals surface area contributed by atoms with E-state index >= 15 is 0 Å². The molecular weight excluding hydrogens is 516 g/mol. The molecule has 0 radical (unpaired) electrons. The van der Waals surface area contributed by atoms with E-state index in [0.29, 0.717) is 32.6 Å². The van der Waals surface area contributed by atoms with Crippen molar-refractivity contribution >= 4 is 17.7 Å². The Bertz CT molecular complexity index is 1370. The quantitative estimate of drug-likeness (QED) is 0.443. The molecule has 3 aromatic rings. The lowest BCUT2D eigenvalue weighted by Crippen LogP contribution is -2.62. The number of amides is 2. The summed E-state index contributed by atoms with van der Waals surface area (Å²) in [6, 6.07) is 14.0. The Morgan fingerprint density at radius 3 is 2.54 bits per heavy atom. The minimum atomic E-state index is -0.578. The van der Waals surface area contributed by atoms with Gasteiger partial charge in [-0.1, -0.05) is 44.2 Å². The molecule has 9 heteroatoms. The Balaban J connectivity index is 1.36. The van der Waals surface area contributed by atoms with E-state index in [4.69, 9.17) is 9.72 Å². The summed E-state index contributed by atoms with van der Waals surface area (Å²) in [6.45, 7) is 14.4. The van der Waals surface area contributed by atoms with Crippen LogP contribution in [0.5, 0.6) is 0 Å². The number of piperazine rings is 1. The van der Waals surface area contributed by atoms with E-state index in [0.717, 1.165) is 16.9 Å². The van der Waals surface area contributed by atoms with Gasteiger partial charge in [-0.25, -0.2) is 4.79 Å². The molecule has 2 aromatic heterocycles. The lowest BCUT2D eigenvalue weighted by atomic mass is 9.88. The highest BCUT2D eigenvalue weighted by molar-refractivity contribution is 5.97. The van der Waals surface area contributed by atoms with Gasteiger partial charge in [-0.2, -0.15) is 5.10 Å². The third kappa shape index (κ3) is 6.62. The van der Waals surface area contributed by atoms with Crippen molar-refractivity contribution in [3.8, 4) is 0 Å². The van der Waals surface area contributed by atoms with E-state index in [1.54, 1.807) is 11.1 Å². The summed E-state index contributed by atoms with van der Waals surface area (Å²) in [5, 5.41) is 4.40. The van der Waals surface area contributed by atoms with Gasteiger partial charge in [0.1, 0.15) is 5.60 Å². The van der Waals surface area contributed by atoms with Gasteiger partial charge in [0.2, 0.25) is 5.91 Å². The van der Waals surface area contributed by atoms with Crippen molar-refractivity contribution < 1.29 is 14.3 Å². The molecule has 2 aliphatic rings. The smallest absolute Gasteiger partial charge is 0.410 e. The second-order valence-electron chi connectivity index (χ2n) is 13.0. The molecular formula is C32H42N6O3. The number of ether oxygens (including phenoxy) is 1. The largest absolute Gasteiger partial charge is 0.444 e. The van der Waals surface area contributed by atoms with Crippen LogP contribution in [-0.2, 0) is 27.9 Å². The second kappa shape index (κ2) is 11.3. The fourth-order valence-corrected chi connectivity index (χ4v) is 5.86. The summed E-state index contributed by atoms with van der Waals surface area (Å²) in [5.74, 6) is 0.0528. The van der Waals surface area contributed by atoms with Crippen LogP contribution in [0.1, 0.15) is 58.4 Å². The number of hydrogen-bond donors (Lipinski definition) is 0. The average Bonchev–Trinajstić information content (AvgIpc) is 3.50. The van der Waals surface area contributed by atoms with E-state index in [1.807, 2.05) is 73.9 Å². The van der Waals surface area contributed by atoms with Crippen LogP contribution in [0.2, 0.25) is 0 Å². The summed E-state index contributed by atoms with van der Waals surface area (Å²) in [5.41, 5.74) is 3.41. The van der Waals surface area contributed by atoms with E-state index in [1.165, 1.54) is 5.56 Å². The summed E-state index contributed by atoms with van der Waals surface area (Å²) in [6.07, 6.45) is 6.00. The van der Waals surface area contributed by atoms with Crippen molar-refractivity contribution in [3.63, 3.8) is 0 Å². The molecule has 5 rings (SSSR count). The molecule has 0 saturated carbocycles. The number of carbonyl (C=O) groups is 2. The Hall–Kier alpha value is -3.72.